The molecule has 2 N–H and O–H groups in total. The highest BCUT2D eigenvalue weighted by molar-refractivity contribution is 5.68. The third kappa shape index (κ3) is 3.47. The largest absolute Gasteiger partial charge is 0.397 e. The van der Waals surface area contributed by atoms with Gasteiger partial charge in [0, 0.05) is 13.6 Å². The average Bonchev–Trinajstić information content (AvgIpc) is 2.20. The molecule has 0 aliphatic rings. The van der Waals surface area contributed by atoms with Gasteiger partial charge in [-0.25, -0.2) is 8.78 Å². The third-order valence-corrected chi connectivity index (χ3v) is 2.21. The molecule has 0 saturated heterocycles. The lowest BCUT2D eigenvalue weighted by Gasteiger charge is -2.22. The maximum Gasteiger partial charge on any atom is 0.390 e. The molecule has 0 amide bonds. The molecule has 7 heteroatoms. The Hall–Kier alpha value is -1.53. The van der Waals surface area contributed by atoms with Crippen molar-refractivity contribution in [2.45, 2.75) is 12.6 Å². The zero-order valence-corrected chi connectivity index (χ0v) is 8.98. The Kier molecular flexibility index (Phi) is 3.79. The summed E-state index contributed by atoms with van der Waals surface area (Å²) in [5, 5.41) is 0. The lowest BCUT2D eigenvalue weighted by atomic mass is 10.2. The average molecular weight is 254 g/mol. The normalized spacial score (nSPS) is 11.6. The molecule has 0 atom stereocenters. The van der Waals surface area contributed by atoms with Crippen LogP contribution >= 0.6 is 0 Å². The summed E-state index contributed by atoms with van der Waals surface area (Å²) in [6, 6.07) is 1.93. The topological polar surface area (TPSA) is 29.3 Å². The lowest BCUT2D eigenvalue weighted by Crippen LogP contribution is -2.26. The number of anilines is 2. The van der Waals surface area contributed by atoms with Gasteiger partial charge in [-0.3, -0.25) is 0 Å². The molecule has 17 heavy (non-hydrogen) atoms. The van der Waals surface area contributed by atoms with E-state index in [1.807, 2.05) is 0 Å². The monoisotopic (exact) mass is 254 g/mol. The summed E-state index contributed by atoms with van der Waals surface area (Å²) in [4.78, 5) is 0.946. The van der Waals surface area contributed by atoms with Gasteiger partial charge in [0.15, 0.2) is 11.6 Å². The summed E-state index contributed by atoms with van der Waals surface area (Å²) in [6.45, 7) is -0.492. The summed E-state index contributed by atoms with van der Waals surface area (Å²) >= 11 is 0. The summed E-state index contributed by atoms with van der Waals surface area (Å²) in [5.41, 5.74) is 4.95. The maximum absolute atomic E-state index is 13.4. The Bertz CT molecular complexity index is 402. The van der Waals surface area contributed by atoms with Gasteiger partial charge in [-0.05, 0) is 12.1 Å². The second-order valence-corrected chi connectivity index (χ2v) is 3.59. The molecule has 1 aromatic rings. The minimum Gasteiger partial charge on any atom is -0.397 e. The maximum atomic E-state index is 13.4. The minimum atomic E-state index is -4.35. The Morgan fingerprint density at radius 2 is 1.82 bits per heavy atom. The number of benzene rings is 1. The first kappa shape index (κ1) is 13.5. The number of nitrogens with zero attached hydrogens (tertiary/aromatic N) is 1. The van der Waals surface area contributed by atoms with Gasteiger partial charge in [0.25, 0.3) is 0 Å². The molecule has 0 aromatic heterocycles. The number of hydrogen-bond donors (Lipinski definition) is 1. The second-order valence-electron chi connectivity index (χ2n) is 3.59. The highest BCUT2D eigenvalue weighted by Gasteiger charge is 2.28. The van der Waals surface area contributed by atoms with E-state index in [4.69, 9.17) is 5.73 Å². The smallest absolute Gasteiger partial charge is 0.390 e. The molecule has 0 fully saturated rings. The predicted molar refractivity (Wildman–Crippen MR) is 54.7 cm³/mol. The van der Waals surface area contributed by atoms with Gasteiger partial charge in [0.1, 0.15) is 0 Å². The summed E-state index contributed by atoms with van der Waals surface area (Å²) in [6.07, 6.45) is -5.48. The number of hydrogen-bond acceptors (Lipinski definition) is 2. The summed E-state index contributed by atoms with van der Waals surface area (Å²) in [7, 11) is 1.22. The van der Waals surface area contributed by atoms with Gasteiger partial charge in [0.05, 0.1) is 17.8 Å². The Labute approximate surface area is 94.8 Å². The molecular weight excluding hydrogens is 243 g/mol. The van der Waals surface area contributed by atoms with E-state index in [0.717, 1.165) is 17.0 Å². The van der Waals surface area contributed by atoms with Crippen LogP contribution in [0.4, 0.5) is 33.3 Å². The Balaban J connectivity index is 2.89. The van der Waals surface area contributed by atoms with Crippen LogP contribution in [-0.2, 0) is 0 Å². The van der Waals surface area contributed by atoms with Crippen LogP contribution in [0.5, 0.6) is 0 Å². The fourth-order valence-electron chi connectivity index (χ4n) is 1.35. The first-order chi connectivity index (χ1) is 7.72. The molecule has 96 valence electrons. The zero-order valence-electron chi connectivity index (χ0n) is 8.98. The first-order valence-electron chi connectivity index (χ1n) is 4.73. The predicted octanol–water partition coefficient (Wildman–Crippen LogP) is 2.94. The van der Waals surface area contributed by atoms with Crippen molar-refractivity contribution in [2.75, 3.05) is 24.2 Å². The molecule has 2 nitrogen and oxygen atoms in total. The van der Waals surface area contributed by atoms with Crippen molar-refractivity contribution in [3.8, 4) is 0 Å². The number of nitrogen functional groups attached to an aromatic ring is 1. The molecular formula is C10H11F5N2. The molecule has 0 unspecified atom stereocenters. The molecule has 0 saturated carbocycles. The van der Waals surface area contributed by atoms with Crippen LogP contribution in [0, 0.1) is 11.6 Å². The van der Waals surface area contributed by atoms with Gasteiger partial charge in [-0.1, -0.05) is 0 Å². The van der Waals surface area contributed by atoms with E-state index in [1.165, 1.54) is 7.05 Å². The molecule has 0 aliphatic heterocycles. The van der Waals surface area contributed by atoms with Crippen molar-refractivity contribution in [2.24, 2.45) is 0 Å². The van der Waals surface area contributed by atoms with Crippen LogP contribution in [0.3, 0.4) is 0 Å². The number of halogens is 5. The fourth-order valence-corrected chi connectivity index (χ4v) is 1.35. The van der Waals surface area contributed by atoms with Crippen LogP contribution < -0.4 is 10.6 Å². The highest BCUT2D eigenvalue weighted by Crippen LogP contribution is 2.29. The third-order valence-electron chi connectivity index (χ3n) is 2.21. The molecule has 1 rings (SSSR count). The summed E-state index contributed by atoms with van der Waals surface area (Å²) < 4.78 is 62.2. The second kappa shape index (κ2) is 4.77. The van der Waals surface area contributed by atoms with Crippen molar-refractivity contribution in [1.29, 1.82) is 0 Å². The molecule has 0 aliphatic carbocycles. The van der Waals surface area contributed by atoms with Crippen molar-refractivity contribution in [1.82, 2.24) is 0 Å². The van der Waals surface area contributed by atoms with Crippen LogP contribution in [0.15, 0.2) is 12.1 Å². The van der Waals surface area contributed by atoms with Crippen LogP contribution in [0.25, 0.3) is 0 Å². The quantitative estimate of drug-likeness (QED) is 0.663. The molecule has 0 spiro atoms. The fraction of sp³-hybridized carbons (Fsp3) is 0.400. The minimum absolute atomic E-state index is 0.103. The van der Waals surface area contributed by atoms with E-state index in [0.29, 0.717) is 0 Å². The molecule has 1 aromatic carbocycles. The van der Waals surface area contributed by atoms with Crippen molar-refractivity contribution < 1.29 is 22.0 Å². The van der Waals surface area contributed by atoms with E-state index in [9.17, 15) is 22.0 Å². The van der Waals surface area contributed by atoms with Gasteiger partial charge in [0.2, 0.25) is 0 Å². The first-order valence-corrected chi connectivity index (χ1v) is 4.73. The van der Waals surface area contributed by atoms with Gasteiger partial charge in [-0.15, -0.1) is 0 Å². The van der Waals surface area contributed by atoms with Crippen molar-refractivity contribution >= 4 is 11.4 Å². The van der Waals surface area contributed by atoms with Crippen LogP contribution in [0.1, 0.15) is 6.42 Å². The molecule has 0 bridgehead atoms. The van der Waals surface area contributed by atoms with E-state index in [2.05, 4.69) is 0 Å². The van der Waals surface area contributed by atoms with Crippen LogP contribution in [-0.4, -0.2) is 19.8 Å². The van der Waals surface area contributed by atoms with Gasteiger partial charge in [-0.2, -0.15) is 13.2 Å². The van der Waals surface area contributed by atoms with E-state index < -0.39 is 30.8 Å². The number of nitrogens with two attached hydrogens (primary N) is 1. The molecule has 0 radical (unpaired) electrons. The van der Waals surface area contributed by atoms with E-state index in [1.54, 1.807) is 0 Å². The summed E-state index contributed by atoms with van der Waals surface area (Å²) in [5.74, 6) is -2.39. The Morgan fingerprint density at radius 1 is 1.24 bits per heavy atom. The van der Waals surface area contributed by atoms with Crippen molar-refractivity contribution in [3.63, 3.8) is 0 Å². The van der Waals surface area contributed by atoms with E-state index >= 15 is 0 Å². The van der Waals surface area contributed by atoms with Gasteiger partial charge >= 0.3 is 6.18 Å². The number of rotatable bonds is 3. The lowest BCUT2D eigenvalue weighted by molar-refractivity contribution is -0.132. The van der Waals surface area contributed by atoms with E-state index in [-0.39, 0.29) is 11.4 Å². The zero-order chi connectivity index (χ0) is 13.2. The standard InChI is InChI=1S/C10H11F5N2/c1-17(5-4-10(13,14)15)9-7(16)3-2-6(11)8(9)12/h2-3H,4-5,16H2,1H3. The van der Waals surface area contributed by atoms with Crippen LogP contribution in [0.2, 0.25) is 0 Å². The van der Waals surface area contributed by atoms with Gasteiger partial charge < -0.3 is 10.6 Å². The highest BCUT2D eigenvalue weighted by atomic mass is 19.4. The van der Waals surface area contributed by atoms with Crippen molar-refractivity contribution in [3.05, 3.63) is 23.8 Å². The SMILES string of the molecule is CN(CCC(F)(F)F)c1c(N)ccc(F)c1F. The number of alkyl halides is 3. The Morgan fingerprint density at radius 3 is 2.35 bits per heavy atom. The molecule has 0 heterocycles.